The fraction of sp³-hybridized carbons (Fsp3) is 0.857. The van der Waals surface area contributed by atoms with E-state index in [1.54, 1.807) is 6.92 Å². The second kappa shape index (κ2) is 6.26. The molecule has 19 heavy (non-hydrogen) atoms. The summed E-state index contributed by atoms with van der Waals surface area (Å²) in [5.41, 5.74) is 0. The molecule has 4 unspecified atom stereocenters. The van der Waals surface area contributed by atoms with E-state index >= 15 is 0 Å². The SMILES string of the molecule is CC(CCCNC(=O)NC1CC2CCC1C2)C(=O)O. The zero-order valence-corrected chi connectivity index (χ0v) is 11.5. The first kappa shape index (κ1) is 14.2. The van der Waals surface area contributed by atoms with Crippen molar-refractivity contribution in [2.75, 3.05) is 6.54 Å². The van der Waals surface area contributed by atoms with Gasteiger partial charge in [0, 0.05) is 12.6 Å². The second-order valence-corrected chi connectivity index (χ2v) is 6.06. The Morgan fingerprint density at radius 2 is 2.11 bits per heavy atom. The third-order valence-corrected chi connectivity index (χ3v) is 4.58. The highest BCUT2D eigenvalue weighted by Crippen LogP contribution is 2.44. The molecule has 108 valence electrons. The van der Waals surface area contributed by atoms with Crippen molar-refractivity contribution in [1.82, 2.24) is 10.6 Å². The first-order valence-corrected chi connectivity index (χ1v) is 7.33. The predicted molar refractivity (Wildman–Crippen MR) is 71.8 cm³/mol. The zero-order chi connectivity index (χ0) is 13.8. The molecule has 2 bridgehead atoms. The molecule has 2 aliphatic carbocycles. The number of nitrogens with one attached hydrogen (secondary N) is 2. The van der Waals surface area contributed by atoms with Crippen LogP contribution in [0, 0.1) is 17.8 Å². The van der Waals surface area contributed by atoms with Gasteiger partial charge in [-0.3, -0.25) is 4.79 Å². The second-order valence-electron chi connectivity index (χ2n) is 6.06. The normalized spacial score (nSPS) is 30.1. The molecule has 2 aliphatic rings. The summed E-state index contributed by atoms with van der Waals surface area (Å²) >= 11 is 0. The highest BCUT2D eigenvalue weighted by atomic mass is 16.4. The molecular formula is C14H24N2O3. The van der Waals surface area contributed by atoms with E-state index in [9.17, 15) is 9.59 Å². The smallest absolute Gasteiger partial charge is 0.315 e. The van der Waals surface area contributed by atoms with Crippen LogP contribution >= 0.6 is 0 Å². The number of carbonyl (C=O) groups is 2. The lowest BCUT2D eigenvalue weighted by Crippen LogP contribution is -2.44. The monoisotopic (exact) mass is 268 g/mol. The van der Waals surface area contributed by atoms with Crippen LogP contribution in [-0.2, 0) is 4.79 Å². The van der Waals surface area contributed by atoms with Crippen molar-refractivity contribution in [1.29, 1.82) is 0 Å². The molecule has 5 heteroatoms. The van der Waals surface area contributed by atoms with Crippen LogP contribution in [0.3, 0.4) is 0 Å². The van der Waals surface area contributed by atoms with Gasteiger partial charge in [0.15, 0.2) is 0 Å². The van der Waals surface area contributed by atoms with Crippen molar-refractivity contribution in [2.45, 2.75) is 51.5 Å². The maximum absolute atomic E-state index is 11.7. The lowest BCUT2D eigenvalue weighted by Gasteiger charge is -2.23. The fourth-order valence-corrected chi connectivity index (χ4v) is 3.37. The molecule has 2 fully saturated rings. The molecule has 0 spiro atoms. The number of rotatable bonds is 6. The molecule has 3 N–H and O–H groups in total. The zero-order valence-electron chi connectivity index (χ0n) is 11.5. The lowest BCUT2D eigenvalue weighted by atomic mass is 9.95. The van der Waals surface area contributed by atoms with Crippen LogP contribution in [0.1, 0.15) is 45.4 Å². The minimum atomic E-state index is -0.772. The molecule has 0 saturated heterocycles. The van der Waals surface area contributed by atoms with Gasteiger partial charge in [0.25, 0.3) is 0 Å². The van der Waals surface area contributed by atoms with Gasteiger partial charge >= 0.3 is 12.0 Å². The molecule has 0 aromatic carbocycles. The van der Waals surface area contributed by atoms with Crippen LogP contribution < -0.4 is 10.6 Å². The van der Waals surface area contributed by atoms with Gasteiger partial charge in [-0.25, -0.2) is 4.79 Å². The summed E-state index contributed by atoms with van der Waals surface area (Å²) in [7, 11) is 0. The molecule has 0 radical (unpaired) electrons. The van der Waals surface area contributed by atoms with Crippen LogP contribution in [-0.4, -0.2) is 29.7 Å². The standard InChI is InChI=1S/C14H24N2O3/c1-9(13(17)18)3-2-6-15-14(19)16-12-8-10-4-5-11(12)7-10/h9-12H,2-8H2,1H3,(H,17,18)(H2,15,16,19). The van der Waals surface area contributed by atoms with E-state index in [2.05, 4.69) is 10.6 Å². The van der Waals surface area contributed by atoms with Crippen LogP contribution in [0.15, 0.2) is 0 Å². The summed E-state index contributed by atoms with van der Waals surface area (Å²) in [6, 6.07) is 0.261. The highest BCUT2D eigenvalue weighted by molar-refractivity contribution is 5.74. The molecule has 2 rings (SSSR count). The molecule has 5 nitrogen and oxygen atoms in total. The molecule has 0 heterocycles. The van der Waals surface area contributed by atoms with E-state index in [1.807, 2.05) is 0 Å². The highest BCUT2D eigenvalue weighted by Gasteiger charge is 2.39. The lowest BCUT2D eigenvalue weighted by molar-refractivity contribution is -0.141. The Labute approximate surface area is 114 Å². The molecule has 2 saturated carbocycles. The summed E-state index contributed by atoms with van der Waals surface area (Å²) in [6.07, 6.45) is 6.31. The predicted octanol–water partition coefficient (Wildman–Crippen LogP) is 1.98. The van der Waals surface area contributed by atoms with E-state index in [4.69, 9.17) is 5.11 Å². The van der Waals surface area contributed by atoms with E-state index in [0.29, 0.717) is 31.3 Å². The third kappa shape index (κ3) is 3.85. The number of urea groups is 1. The Balaban J connectivity index is 1.56. The van der Waals surface area contributed by atoms with E-state index in [0.717, 1.165) is 12.3 Å². The van der Waals surface area contributed by atoms with Crippen LogP contribution in [0.5, 0.6) is 0 Å². The van der Waals surface area contributed by atoms with E-state index in [-0.39, 0.29) is 11.9 Å². The number of hydrogen-bond donors (Lipinski definition) is 3. The average Bonchev–Trinajstić information content (AvgIpc) is 2.96. The van der Waals surface area contributed by atoms with Crippen molar-refractivity contribution in [2.24, 2.45) is 17.8 Å². The topological polar surface area (TPSA) is 78.4 Å². The number of fused-ring (bicyclic) bond motifs is 2. The average molecular weight is 268 g/mol. The van der Waals surface area contributed by atoms with Crippen molar-refractivity contribution in [3.63, 3.8) is 0 Å². The first-order valence-electron chi connectivity index (χ1n) is 7.33. The molecule has 0 aliphatic heterocycles. The van der Waals surface area contributed by atoms with Gasteiger partial charge in [0.1, 0.15) is 0 Å². The van der Waals surface area contributed by atoms with Gasteiger partial charge < -0.3 is 15.7 Å². The molecule has 4 atom stereocenters. The van der Waals surface area contributed by atoms with Gasteiger partial charge in [-0.1, -0.05) is 13.3 Å². The van der Waals surface area contributed by atoms with Gasteiger partial charge in [-0.2, -0.15) is 0 Å². The largest absolute Gasteiger partial charge is 0.481 e. The maximum atomic E-state index is 11.7. The molecule has 0 aromatic heterocycles. The van der Waals surface area contributed by atoms with Crippen LogP contribution in [0.2, 0.25) is 0 Å². The minimum absolute atomic E-state index is 0.0967. The number of hydrogen-bond acceptors (Lipinski definition) is 2. The summed E-state index contributed by atoms with van der Waals surface area (Å²) in [4.78, 5) is 22.3. The maximum Gasteiger partial charge on any atom is 0.315 e. The van der Waals surface area contributed by atoms with Crippen molar-refractivity contribution >= 4 is 12.0 Å². The van der Waals surface area contributed by atoms with Crippen molar-refractivity contribution < 1.29 is 14.7 Å². The van der Waals surface area contributed by atoms with Gasteiger partial charge in [-0.15, -0.1) is 0 Å². The number of carboxylic acids is 1. The summed E-state index contributed by atoms with van der Waals surface area (Å²) in [5, 5.41) is 14.6. The van der Waals surface area contributed by atoms with Gasteiger partial charge in [0.05, 0.1) is 5.92 Å². The van der Waals surface area contributed by atoms with Crippen molar-refractivity contribution in [3.05, 3.63) is 0 Å². The van der Waals surface area contributed by atoms with Crippen LogP contribution in [0.4, 0.5) is 4.79 Å². The number of carboxylic acid groups (broad SMARTS) is 1. The quantitative estimate of drug-likeness (QED) is 0.644. The summed E-state index contributed by atoms with van der Waals surface area (Å²) in [6.45, 7) is 2.24. The Morgan fingerprint density at radius 3 is 2.68 bits per heavy atom. The van der Waals surface area contributed by atoms with Gasteiger partial charge in [0.2, 0.25) is 0 Å². The number of aliphatic carboxylic acids is 1. The van der Waals surface area contributed by atoms with Crippen LogP contribution in [0.25, 0.3) is 0 Å². The third-order valence-electron chi connectivity index (χ3n) is 4.58. The first-order chi connectivity index (χ1) is 9.06. The van der Waals surface area contributed by atoms with E-state index < -0.39 is 5.97 Å². The van der Waals surface area contributed by atoms with E-state index in [1.165, 1.54) is 19.3 Å². The minimum Gasteiger partial charge on any atom is -0.481 e. The number of carbonyl (C=O) groups excluding carboxylic acids is 1. The Hall–Kier alpha value is -1.26. The number of amides is 2. The fourth-order valence-electron chi connectivity index (χ4n) is 3.37. The van der Waals surface area contributed by atoms with Gasteiger partial charge in [-0.05, 0) is 43.9 Å². The molecule has 2 amide bonds. The Bertz CT molecular complexity index is 346. The Kier molecular flexibility index (Phi) is 4.66. The van der Waals surface area contributed by atoms with Crippen molar-refractivity contribution in [3.8, 4) is 0 Å². The summed E-state index contributed by atoms with van der Waals surface area (Å²) < 4.78 is 0. The summed E-state index contributed by atoms with van der Waals surface area (Å²) in [5.74, 6) is 0.399. The Morgan fingerprint density at radius 1 is 1.32 bits per heavy atom. The molecular weight excluding hydrogens is 244 g/mol. The molecule has 0 aromatic rings.